The number of halogens is 1. The molecule has 1 saturated heterocycles. The van der Waals surface area contributed by atoms with Crippen molar-refractivity contribution >= 4 is 23.3 Å². The first-order valence-corrected chi connectivity index (χ1v) is 12.9. The van der Waals surface area contributed by atoms with Gasteiger partial charge in [0, 0.05) is 24.2 Å². The van der Waals surface area contributed by atoms with E-state index in [1.807, 2.05) is 11.0 Å². The Morgan fingerprint density at radius 1 is 1.19 bits per heavy atom. The van der Waals surface area contributed by atoms with Gasteiger partial charge in [-0.1, -0.05) is 31.5 Å². The Bertz CT molecular complexity index is 882. The minimum Gasteiger partial charge on any atom is -0.370 e. The standard InChI is InChI=1S/C26H37ClN4O/c1-18(2)19-3-6-22(7-4-19)30-13-9-26(10-14-30)23-8-5-21(27)15-20(23)16-31(25(26)32)17-24-28-11-12-29-24/h5,8,15,18-19,22H,3-4,6-7,9-14,16-17H2,1-2H3,(H,28,29). The largest absolute Gasteiger partial charge is 0.370 e. The zero-order valence-corrected chi connectivity index (χ0v) is 20.3. The molecule has 1 amide bonds. The van der Waals surface area contributed by atoms with Crippen LogP contribution in [0.1, 0.15) is 63.5 Å². The Labute approximate surface area is 197 Å². The number of nitrogens with one attached hydrogen (secondary N) is 1. The van der Waals surface area contributed by atoms with Gasteiger partial charge in [-0.25, -0.2) is 0 Å². The molecule has 0 radical (unpaired) electrons. The van der Waals surface area contributed by atoms with Gasteiger partial charge in [-0.05, 0) is 86.7 Å². The molecular formula is C26H37ClN4O. The van der Waals surface area contributed by atoms with E-state index in [0.717, 1.165) is 61.7 Å². The molecule has 0 bridgehead atoms. The normalized spacial score (nSPS) is 28.1. The number of amides is 1. The zero-order chi connectivity index (χ0) is 22.3. The van der Waals surface area contributed by atoms with Crippen molar-refractivity contribution in [2.75, 3.05) is 32.7 Å². The summed E-state index contributed by atoms with van der Waals surface area (Å²) in [5.74, 6) is 2.92. The van der Waals surface area contributed by atoms with Crippen LogP contribution in [-0.4, -0.2) is 60.3 Å². The molecule has 1 spiro atoms. The number of nitrogens with zero attached hydrogens (tertiary/aromatic N) is 3. The Balaban J connectivity index is 1.34. The van der Waals surface area contributed by atoms with Crippen molar-refractivity contribution in [2.45, 2.75) is 70.4 Å². The maximum atomic E-state index is 13.9. The Kier molecular flexibility index (Phi) is 6.23. The summed E-state index contributed by atoms with van der Waals surface area (Å²) in [5, 5.41) is 4.09. The van der Waals surface area contributed by atoms with E-state index < -0.39 is 5.41 Å². The fourth-order valence-electron chi connectivity index (χ4n) is 6.60. The molecule has 1 aliphatic carbocycles. The second-order valence-corrected chi connectivity index (χ2v) is 11.1. The quantitative estimate of drug-likeness (QED) is 0.737. The van der Waals surface area contributed by atoms with E-state index in [4.69, 9.17) is 11.6 Å². The number of carbonyl (C=O) groups excluding carboxylic acids is 1. The lowest BCUT2D eigenvalue weighted by atomic mass is 9.67. The number of rotatable bonds is 4. The predicted molar refractivity (Wildman–Crippen MR) is 130 cm³/mol. The second kappa shape index (κ2) is 8.98. The number of hydrogen-bond donors (Lipinski definition) is 1. The lowest BCUT2D eigenvalue weighted by Crippen LogP contribution is -2.58. The van der Waals surface area contributed by atoms with E-state index in [1.165, 1.54) is 36.8 Å². The van der Waals surface area contributed by atoms with Gasteiger partial charge in [-0.3, -0.25) is 9.79 Å². The first-order chi connectivity index (χ1) is 15.5. The van der Waals surface area contributed by atoms with Gasteiger partial charge in [0.2, 0.25) is 5.91 Å². The van der Waals surface area contributed by atoms with Crippen LogP contribution in [-0.2, 0) is 16.8 Å². The van der Waals surface area contributed by atoms with E-state index in [-0.39, 0.29) is 5.91 Å². The van der Waals surface area contributed by atoms with Gasteiger partial charge in [0.1, 0.15) is 5.84 Å². The van der Waals surface area contributed by atoms with E-state index in [1.54, 1.807) is 0 Å². The van der Waals surface area contributed by atoms with Gasteiger partial charge in [0.05, 0.1) is 18.5 Å². The Hall–Kier alpha value is -1.59. The molecule has 4 aliphatic rings. The smallest absolute Gasteiger partial charge is 0.234 e. The summed E-state index contributed by atoms with van der Waals surface area (Å²) in [7, 11) is 0. The number of amidine groups is 1. The van der Waals surface area contributed by atoms with Crippen LogP contribution >= 0.6 is 11.6 Å². The highest BCUT2D eigenvalue weighted by atomic mass is 35.5. The van der Waals surface area contributed by atoms with E-state index >= 15 is 0 Å². The van der Waals surface area contributed by atoms with Gasteiger partial charge >= 0.3 is 0 Å². The summed E-state index contributed by atoms with van der Waals surface area (Å²) in [6.45, 7) is 9.64. The number of carbonyl (C=O) groups is 1. The van der Waals surface area contributed by atoms with Crippen LogP contribution in [0.4, 0.5) is 0 Å². The molecule has 1 saturated carbocycles. The number of benzene rings is 1. The summed E-state index contributed by atoms with van der Waals surface area (Å²) in [6.07, 6.45) is 7.14. The highest BCUT2D eigenvalue weighted by Gasteiger charge is 2.49. The van der Waals surface area contributed by atoms with Crippen molar-refractivity contribution in [2.24, 2.45) is 16.8 Å². The SMILES string of the molecule is CC(C)C1CCC(N2CCC3(CC2)C(=O)N(CC2=NCCN2)Cc2cc(Cl)ccc23)CC1. The van der Waals surface area contributed by atoms with Crippen LogP contribution in [0.3, 0.4) is 0 Å². The van der Waals surface area contributed by atoms with Crippen molar-refractivity contribution in [1.82, 2.24) is 15.1 Å². The van der Waals surface area contributed by atoms with E-state index in [0.29, 0.717) is 19.1 Å². The highest BCUT2D eigenvalue weighted by molar-refractivity contribution is 6.30. The van der Waals surface area contributed by atoms with Crippen molar-refractivity contribution < 1.29 is 4.79 Å². The molecule has 1 aromatic rings. The van der Waals surface area contributed by atoms with Gasteiger partial charge in [-0.15, -0.1) is 0 Å². The Morgan fingerprint density at radius 3 is 2.59 bits per heavy atom. The molecule has 32 heavy (non-hydrogen) atoms. The number of piperidine rings is 1. The maximum absolute atomic E-state index is 13.9. The molecule has 0 aromatic heterocycles. The minimum atomic E-state index is -0.414. The predicted octanol–water partition coefficient (Wildman–Crippen LogP) is 4.23. The number of likely N-dealkylation sites (tertiary alicyclic amines) is 1. The topological polar surface area (TPSA) is 47.9 Å². The molecule has 174 valence electrons. The number of hydrogen-bond acceptors (Lipinski definition) is 4. The summed E-state index contributed by atoms with van der Waals surface area (Å²) in [4.78, 5) is 23.2. The van der Waals surface area contributed by atoms with Gasteiger partial charge < -0.3 is 15.1 Å². The summed E-state index contributed by atoms with van der Waals surface area (Å²) < 4.78 is 0. The van der Waals surface area contributed by atoms with Crippen molar-refractivity contribution in [1.29, 1.82) is 0 Å². The molecule has 6 heteroatoms. The van der Waals surface area contributed by atoms with Crippen molar-refractivity contribution in [3.63, 3.8) is 0 Å². The number of aliphatic imine (C=N–C) groups is 1. The molecule has 5 rings (SSSR count). The first kappa shape index (κ1) is 22.2. The van der Waals surface area contributed by atoms with Crippen molar-refractivity contribution in [3.05, 3.63) is 34.3 Å². The minimum absolute atomic E-state index is 0.284. The average Bonchev–Trinajstić information content (AvgIpc) is 3.31. The molecule has 3 aliphatic heterocycles. The van der Waals surface area contributed by atoms with Crippen LogP contribution < -0.4 is 5.32 Å². The molecule has 0 unspecified atom stereocenters. The fraction of sp³-hybridized carbons (Fsp3) is 0.692. The van der Waals surface area contributed by atoms with Crippen LogP contribution in [0.25, 0.3) is 0 Å². The lowest BCUT2D eigenvalue weighted by Gasteiger charge is -2.49. The van der Waals surface area contributed by atoms with Crippen LogP contribution in [0.5, 0.6) is 0 Å². The first-order valence-electron chi connectivity index (χ1n) is 12.6. The molecule has 1 N–H and O–H groups in total. The molecule has 2 fully saturated rings. The van der Waals surface area contributed by atoms with E-state index in [9.17, 15) is 4.79 Å². The van der Waals surface area contributed by atoms with Gasteiger partial charge in [-0.2, -0.15) is 0 Å². The summed E-state index contributed by atoms with van der Waals surface area (Å²) >= 11 is 6.37. The summed E-state index contributed by atoms with van der Waals surface area (Å²) in [6, 6.07) is 6.86. The molecule has 1 aromatic carbocycles. The zero-order valence-electron chi connectivity index (χ0n) is 19.6. The number of fused-ring (bicyclic) bond motifs is 2. The van der Waals surface area contributed by atoms with Crippen LogP contribution in [0.15, 0.2) is 23.2 Å². The molecule has 0 atom stereocenters. The third-order valence-electron chi connectivity index (χ3n) is 8.58. The lowest BCUT2D eigenvalue weighted by molar-refractivity contribution is -0.141. The van der Waals surface area contributed by atoms with Gasteiger partial charge in [0.25, 0.3) is 0 Å². The Morgan fingerprint density at radius 2 is 1.94 bits per heavy atom. The van der Waals surface area contributed by atoms with E-state index in [2.05, 4.69) is 41.2 Å². The van der Waals surface area contributed by atoms with Crippen molar-refractivity contribution in [3.8, 4) is 0 Å². The molecule has 5 nitrogen and oxygen atoms in total. The monoisotopic (exact) mass is 456 g/mol. The third kappa shape index (κ3) is 4.07. The fourth-order valence-corrected chi connectivity index (χ4v) is 6.80. The maximum Gasteiger partial charge on any atom is 0.234 e. The third-order valence-corrected chi connectivity index (χ3v) is 8.81. The van der Waals surface area contributed by atoms with Gasteiger partial charge in [0.15, 0.2) is 0 Å². The highest BCUT2D eigenvalue weighted by Crippen LogP contribution is 2.44. The average molecular weight is 457 g/mol. The van der Waals surface area contributed by atoms with Crippen LogP contribution in [0.2, 0.25) is 5.02 Å². The second-order valence-electron chi connectivity index (χ2n) is 10.6. The van der Waals surface area contributed by atoms with Crippen LogP contribution in [0, 0.1) is 11.8 Å². The molecular weight excluding hydrogens is 420 g/mol. The molecule has 3 heterocycles. The summed E-state index contributed by atoms with van der Waals surface area (Å²) in [5.41, 5.74) is 2.01.